The standard InChI is InChI=1S/C31H30Cl2FN5O5/c1-38-15-22(30(42)39(2)31(38)43)29(41)37-24-9-5-8-20(28(24)33)19-7-4-6-18(27(19)32)16-10-23(34)21(25(11-16)44-3)14-35-17-12-26(40)36-13-17/h4-11,15,17,30,35,42H,12-14H2,1-3H3,(H,36,40)(H,37,41)/t17-,30?/m0/s1. The van der Waals surface area contributed by atoms with Crippen LogP contribution in [-0.2, 0) is 16.1 Å². The van der Waals surface area contributed by atoms with Crippen LogP contribution >= 0.6 is 23.2 Å². The zero-order valence-corrected chi connectivity index (χ0v) is 25.6. The molecule has 230 valence electrons. The highest BCUT2D eigenvalue weighted by Gasteiger charge is 2.33. The van der Waals surface area contributed by atoms with E-state index in [9.17, 15) is 19.5 Å². The molecule has 0 spiro atoms. The van der Waals surface area contributed by atoms with Crippen LogP contribution in [0.5, 0.6) is 5.75 Å². The number of carbonyl (C=O) groups excluding carboxylic acids is 3. The Bertz CT molecular complexity index is 1680. The van der Waals surface area contributed by atoms with Gasteiger partial charge in [-0.1, -0.05) is 53.5 Å². The molecule has 2 aliphatic heterocycles. The van der Waals surface area contributed by atoms with Crippen LogP contribution in [0.2, 0.25) is 10.0 Å². The first-order valence-corrected chi connectivity index (χ1v) is 14.4. The maximum absolute atomic E-state index is 15.4. The second-order valence-electron chi connectivity index (χ2n) is 10.5. The highest BCUT2D eigenvalue weighted by atomic mass is 35.5. The number of benzene rings is 3. The van der Waals surface area contributed by atoms with Crippen molar-refractivity contribution in [3.8, 4) is 28.0 Å². The third-order valence-electron chi connectivity index (χ3n) is 7.61. The van der Waals surface area contributed by atoms with Gasteiger partial charge >= 0.3 is 6.03 Å². The summed E-state index contributed by atoms with van der Waals surface area (Å²) in [5, 5.41) is 19.6. The fourth-order valence-electron chi connectivity index (χ4n) is 5.18. The van der Waals surface area contributed by atoms with E-state index in [0.29, 0.717) is 51.6 Å². The average Bonchev–Trinajstić information content (AvgIpc) is 3.43. The van der Waals surface area contributed by atoms with Crippen molar-refractivity contribution in [2.45, 2.75) is 25.2 Å². The van der Waals surface area contributed by atoms with E-state index >= 15 is 4.39 Å². The number of aliphatic hydroxyl groups excluding tert-OH is 1. The van der Waals surface area contributed by atoms with E-state index in [1.807, 2.05) is 0 Å². The van der Waals surface area contributed by atoms with E-state index in [2.05, 4.69) is 16.0 Å². The van der Waals surface area contributed by atoms with E-state index in [4.69, 9.17) is 27.9 Å². The minimum absolute atomic E-state index is 0.0425. The zero-order valence-electron chi connectivity index (χ0n) is 24.1. The molecule has 3 aromatic carbocycles. The summed E-state index contributed by atoms with van der Waals surface area (Å²) in [7, 11) is 4.32. The van der Waals surface area contributed by atoms with Crippen molar-refractivity contribution in [3.05, 3.63) is 81.7 Å². The van der Waals surface area contributed by atoms with Crippen LogP contribution in [-0.4, -0.2) is 72.8 Å². The van der Waals surface area contributed by atoms with Gasteiger partial charge in [0.25, 0.3) is 5.91 Å². The minimum atomic E-state index is -1.43. The van der Waals surface area contributed by atoms with E-state index in [-0.39, 0.29) is 34.8 Å². The van der Waals surface area contributed by atoms with Crippen molar-refractivity contribution in [2.24, 2.45) is 0 Å². The largest absolute Gasteiger partial charge is 0.496 e. The van der Waals surface area contributed by atoms with Crippen molar-refractivity contribution in [1.29, 1.82) is 0 Å². The van der Waals surface area contributed by atoms with Crippen molar-refractivity contribution >= 4 is 46.7 Å². The number of urea groups is 1. The molecule has 2 atom stereocenters. The summed E-state index contributed by atoms with van der Waals surface area (Å²) < 4.78 is 20.9. The quantitative estimate of drug-likeness (QED) is 0.285. The molecule has 1 saturated heterocycles. The molecule has 13 heteroatoms. The highest BCUT2D eigenvalue weighted by molar-refractivity contribution is 6.39. The van der Waals surface area contributed by atoms with Gasteiger partial charge in [0.2, 0.25) is 5.91 Å². The van der Waals surface area contributed by atoms with Crippen LogP contribution in [0.1, 0.15) is 12.0 Å². The monoisotopic (exact) mass is 641 g/mol. The van der Waals surface area contributed by atoms with Gasteiger partial charge in [-0.15, -0.1) is 0 Å². The molecule has 0 aliphatic carbocycles. The van der Waals surface area contributed by atoms with Gasteiger partial charge in [0.05, 0.1) is 28.4 Å². The minimum Gasteiger partial charge on any atom is -0.496 e. The summed E-state index contributed by atoms with van der Waals surface area (Å²) in [5.74, 6) is -0.862. The number of anilines is 1. The molecular formula is C31H30Cl2FN5O5. The summed E-state index contributed by atoms with van der Waals surface area (Å²) in [6, 6.07) is 12.8. The number of methoxy groups -OCH3 is 1. The van der Waals surface area contributed by atoms with Crippen LogP contribution in [0.3, 0.4) is 0 Å². The molecule has 4 amide bonds. The summed E-state index contributed by atoms with van der Waals surface area (Å²) in [5.41, 5.74) is 2.60. The first kappa shape index (κ1) is 31.3. The number of hydrogen-bond donors (Lipinski definition) is 4. The summed E-state index contributed by atoms with van der Waals surface area (Å²) in [6.07, 6.45) is 0.158. The first-order valence-electron chi connectivity index (χ1n) is 13.6. The Balaban J connectivity index is 1.43. The molecule has 5 rings (SSSR count). The number of nitrogens with zero attached hydrogens (tertiary/aromatic N) is 2. The third-order valence-corrected chi connectivity index (χ3v) is 8.42. The lowest BCUT2D eigenvalue weighted by Gasteiger charge is -2.33. The van der Waals surface area contributed by atoms with Crippen molar-refractivity contribution < 1.29 is 28.6 Å². The Morgan fingerprint density at radius 1 is 1.09 bits per heavy atom. The molecule has 44 heavy (non-hydrogen) atoms. The zero-order chi connectivity index (χ0) is 31.7. The molecular weight excluding hydrogens is 612 g/mol. The molecule has 2 heterocycles. The Kier molecular flexibility index (Phi) is 9.12. The fourth-order valence-corrected chi connectivity index (χ4v) is 5.79. The number of amides is 4. The Morgan fingerprint density at radius 2 is 1.77 bits per heavy atom. The predicted octanol–water partition coefficient (Wildman–Crippen LogP) is 4.59. The summed E-state index contributed by atoms with van der Waals surface area (Å²) >= 11 is 13.7. The highest BCUT2D eigenvalue weighted by Crippen LogP contribution is 2.42. The molecule has 1 unspecified atom stereocenters. The number of nitrogens with one attached hydrogen (secondary N) is 3. The molecule has 0 radical (unpaired) electrons. The topological polar surface area (TPSA) is 123 Å². The van der Waals surface area contributed by atoms with E-state index in [0.717, 1.165) is 4.90 Å². The second-order valence-corrected chi connectivity index (χ2v) is 11.2. The van der Waals surface area contributed by atoms with E-state index in [1.165, 1.54) is 38.4 Å². The van der Waals surface area contributed by atoms with Crippen molar-refractivity contribution in [1.82, 2.24) is 20.4 Å². The van der Waals surface area contributed by atoms with Crippen molar-refractivity contribution in [2.75, 3.05) is 33.1 Å². The Morgan fingerprint density at radius 3 is 2.45 bits per heavy atom. The molecule has 2 aliphatic rings. The molecule has 3 aromatic rings. The van der Waals surface area contributed by atoms with Gasteiger partial charge in [0, 0.05) is 68.1 Å². The number of likely N-dealkylation sites (N-methyl/N-ethyl adjacent to an activating group) is 1. The lowest BCUT2D eigenvalue weighted by atomic mass is 9.97. The Labute approximate surface area is 263 Å². The van der Waals surface area contributed by atoms with Gasteiger partial charge in [-0.05, 0) is 23.8 Å². The number of hydrogen-bond acceptors (Lipinski definition) is 6. The van der Waals surface area contributed by atoms with Gasteiger partial charge < -0.3 is 30.7 Å². The number of ether oxygens (including phenoxy) is 1. The fraction of sp³-hybridized carbons (Fsp3) is 0.258. The smallest absolute Gasteiger partial charge is 0.325 e. The maximum Gasteiger partial charge on any atom is 0.325 e. The van der Waals surface area contributed by atoms with Gasteiger partial charge in [0.1, 0.15) is 11.6 Å². The first-order chi connectivity index (χ1) is 21.0. The summed E-state index contributed by atoms with van der Waals surface area (Å²) in [6.45, 7) is 0.653. The molecule has 0 aromatic heterocycles. The summed E-state index contributed by atoms with van der Waals surface area (Å²) in [4.78, 5) is 38.9. The number of halogens is 3. The van der Waals surface area contributed by atoms with Crippen LogP contribution < -0.4 is 20.7 Å². The predicted molar refractivity (Wildman–Crippen MR) is 166 cm³/mol. The lowest BCUT2D eigenvalue weighted by molar-refractivity contribution is -0.119. The van der Waals surface area contributed by atoms with Gasteiger partial charge in [-0.2, -0.15) is 0 Å². The normalized spacial score (nSPS) is 18.3. The van der Waals surface area contributed by atoms with E-state index in [1.54, 1.807) is 42.5 Å². The average molecular weight is 643 g/mol. The second kappa shape index (κ2) is 12.8. The lowest BCUT2D eigenvalue weighted by Crippen LogP contribution is -2.49. The third kappa shape index (κ3) is 6.09. The Hall–Kier alpha value is -4.16. The van der Waals surface area contributed by atoms with Crippen molar-refractivity contribution in [3.63, 3.8) is 0 Å². The maximum atomic E-state index is 15.4. The van der Waals surface area contributed by atoms with Crippen LogP contribution in [0.25, 0.3) is 22.3 Å². The molecule has 1 fully saturated rings. The number of rotatable bonds is 8. The molecule has 0 saturated carbocycles. The van der Waals surface area contributed by atoms with Gasteiger partial charge in [-0.3, -0.25) is 14.5 Å². The van der Waals surface area contributed by atoms with Crippen LogP contribution in [0, 0.1) is 5.82 Å². The van der Waals surface area contributed by atoms with Gasteiger partial charge in [0.15, 0.2) is 6.23 Å². The number of carbonyl (C=O) groups is 3. The van der Waals surface area contributed by atoms with Crippen LogP contribution in [0.4, 0.5) is 14.9 Å². The SMILES string of the molecule is COc1cc(-c2cccc(-c3cccc(NC(=O)C4=CN(C)C(=O)N(C)C4O)c3Cl)c2Cl)cc(F)c1CN[C@@H]1CNC(=O)C1. The van der Waals surface area contributed by atoms with Crippen LogP contribution in [0.15, 0.2) is 60.3 Å². The van der Waals surface area contributed by atoms with Gasteiger partial charge in [-0.25, -0.2) is 9.18 Å². The van der Waals surface area contributed by atoms with E-state index < -0.39 is 24.0 Å². The molecule has 10 nitrogen and oxygen atoms in total. The molecule has 0 bridgehead atoms. The number of aliphatic hydroxyl groups is 1. The molecule has 4 N–H and O–H groups in total.